The van der Waals surface area contributed by atoms with Crippen molar-refractivity contribution in [1.82, 2.24) is 5.32 Å². The van der Waals surface area contributed by atoms with Crippen LogP contribution in [0.15, 0.2) is 42.5 Å². The third-order valence-electron chi connectivity index (χ3n) is 3.58. The predicted octanol–water partition coefficient (Wildman–Crippen LogP) is 2.63. The lowest BCUT2D eigenvalue weighted by Crippen LogP contribution is -2.24. The molecule has 2 aromatic carbocycles. The van der Waals surface area contributed by atoms with Crippen LogP contribution < -0.4 is 14.8 Å². The Morgan fingerprint density at radius 3 is 2.45 bits per heavy atom. The minimum atomic E-state index is -0.00254. The van der Waals surface area contributed by atoms with E-state index in [-0.39, 0.29) is 5.91 Å². The molecule has 1 heterocycles. The number of hydrogen-bond acceptors (Lipinski definition) is 3. The fraction of sp³-hybridized carbons (Fsp3) is 0.278. The standard InChI is InChI=1S/C18H19NO3/c1-13-2-4-14(5-3-13)12-19-18(20)11-15-6-7-16-17(10-15)22-9-8-21-16/h2-7,10H,8-9,11-12H2,1H3,(H,19,20). The van der Waals surface area contributed by atoms with E-state index >= 15 is 0 Å². The van der Waals surface area contributed by atoms with Crippen molar-refractivity contribution in [2.75, 3.05) is 13.2 Å². The van der Waals surface area contributed by atoms with E-state index in [0.717, 1.165) is 22.6 Å². The highest BCUT2D eigenvalue weighted by Gasteiger charge is 2.13. The van der Waals surface area contributed by atoms with Crippen LogP contribution in [0, 0.1) is 6.92 Å². The summed E-state index contributed by atoms with van der Waals surface area (Å²) in [6, 6.07) is 13.8. The Balaban J connectivity index is 1.56. The van der Waals surface area contributed by atoms with Gasteiger partial charge in [0, 0.05) is 6.54 Å². The fourth-order valence-electron chi connectivity index (χ4n) is 2.35. The molecular weight excluding hydrogens is 278 g/mol. The lowest BCUT2D eigenvalue weighted by Gasteiger charge is -2.18. The third-order valence-corrected chi connectivity index (χ3v) is 3.58. The topological polar surface area (TPSA) is 47.6 Å². The number of rotatable bonds is 4. The summed E-state index contributed by atoms with van der Waals surface area (Å²) < 4.78 is 11.0. The number of aryl methyl sites for hydroxylation is 1. The molecule has 0 spiro atoms. The first kappa shape index (κ1) is 14.4. The molecule has 0 aromatic heterocycles. The number of carbonyl (C=O) groups excluding carboxylic acids is 1. The van der Waals surface area contributed by atoms with Gasteiger partial charge in [0.15, 0.2) is 11.5 Å². The number of carbonyl (C=O) groups is 1. The highest BCUT2D eigenvalue weighted by atomic mass is 16.6. The van der Waals surface area contributed by atoms with Gasteiger partial charge in [-0.2, -0.15) is 0 Å². The number of fused-ring (bicyclic) bond motifs is 1. The van der Waals surface area contributed by atoms with E-state index in [1.807, 2.05) is 49.4 Å². The summed E-state index contributed by atoms with van der Waals surface area (Å²) in [4.78, 5) is 12.0. The summed E-state index contributed by atoms with van der Waals surface area (Å²) in [5.41, 5.74) is 3.23. The Morgan fingerprint density at radius 1 is 1.00 bits per heavy atom. The normalized spacial score (nSPS) is 12.8. The average Bonchev–Trinajstić information content (AvgIpc) is 2.54. The van der Waals surface area contributed by atoms with E-state index in [0.29, 0.717) is 26.2 Å². The summed E-state index contributed by atoms with van der Waals surface area (Å²) >= 11 is 0. The van der Waals surface area contributed by atoms with Gasteiger partial charge in [0.05, 0.1) is 6.42 Å². The summed E-state index contributed by atoms with van der Waals surface area (Å²) in [5, 5.41) is 2.94. The molecule has 114 valence electrons. The van der Waals surface area contributed by atoms with Gasteiger partial charge in [-0.05, 0) is 30.2 Å². The van der Waals surface area contributed by atoms with E-state index in [1.54, 1.807) is 0 Å². The Morgan fingerprint density at radius 2 is 1.68 bits per heavy atom. The molecule has 0 atom stereocenters. The molecular formula is C18H19NO3. The van der Waals surface area contributed by atoms with Gasteiger partial charge in [-0.25, -0.2) is 0 Å². The minimum absolute atomic E-state index is 0.00254. The smallest absolute Gasteiger partial charge is 0.224 e. The van der Waals surface area contributed by atoms with Gasteiger partial charge in [-0.1, -0.05) is 35.9 Å². The molecule has 0 aliphatic carbocycles. The maximum Gasteiger partial charge on any atom is 0.224 e. The van der Waals surface area contributed by atoms with Gasteiger partial charge >= 0.3 is 0 Å². The van der Waals surface area contributed by atoms with Crippen LogP contribution in [0.3, 0.4) is 0 Å². The molecule has 0 bridgehead atoms. The van der Waals surface area contributed by atoms with E-state index in [1.165, 1.54) is 5.56 Å². The van der Waals surface area contributed by atoms with Crippen LogP contribution in [-0.4, -0.2) is 19.1 Å². The molecule has 0 fully saturated rings. The molecule has 2 aromatic rings. The number of ether oxygens (including phenoxy) is 2. The van der Waals surface area contributed by atoms with Crippen molar-refractivity contribution in [3.63, 3.8) is 0 Å². The van der Waals surface area contributed by atoms with Crippen LogP contribution >= 0.6 is 0 Å². The Bertz CT molecular complexity index is 665. The zero-order chi connectivity index (χ0) is 15.4. The van der Waals surface area contributed by atoms with Crippen molar-refractivity contribution < 1.29 is 14.3 Å². The van der Waals surface area contributed by atoms with Crippen LogP contribution in [0.2, 0.25) is 0 Å². The van der Waals surface area contributed by atoms with Gasteiger partial charge in [0.25, 0.3) is 0 Å². The first-order valence-corrected chi connectivity index (χ1v) is 7.41. The Kier molecular flexibility index (Phi) is 4.28. The molecule has 1 N–H and O–H groups in total. The lowest BCUT2D eigenvalue weighted by atomic mass is 10.1. The maximum atomic E-state index is 12.0. The highest BCUT2D eigenvalue weighted by molar-refractivity contribution is 5.78. The zero-order valence-electron chi connectivity index (χ0n) is 12.6. The SMILES string of the molecule is Cc1ccc(CNC(=O)Cc2ccc3c(c2)OCCO3)cc1. The molecule has 0 radical (unpaired) electrons. The van der Waals surface area contributed by atoms with Crippen molar-refractivity contribution in [3.8, 4) is 11.5 Å². The zero-order valence-corrected chi connectivity index (χ0v) is 12.6. The van der Waals surface area contributed by atoms with Crippen LogP contribution in [0.4, 0.5) is 0 Å². The Labute approximate surface area is 130 Å². The van der Waals surface area contributed by atoms with Gasteiger partial charge in [-0.15, -0.1) is 0 Å². The Hall–Kier alpha value is -2.49. The quantitative estimate of drug-likeness (QED) is 0.943. The predicted molar refractivity (Wildman–Crippen MR) is 84.2 cm³/mol. The molecule has 4 nitrogen and oxygen atoms in total. The average molecular weight is 297 g/mol. The van der Waals surface area contributed by atoms with Crippen molar-refractivity contribution in [1.29, 1.82) is 0 Å². The van der Waals surface area contributed by atoms with Crippen LogP contribution in [0.25, 0.3) is 0 Å². The summed E-state index contributed by atoms with van der Waals surface area (Å²) in [5.74, 6) is 1.46. The molecule has 0 saturated heterocycles. The van der Waals surface area contributed by atoms with Gasteiger partial charge < -0.3 is 14.8 Å². The van der Waals surface area contributed by atoms with Gasteiger partial charge in [0.1, 0.15) is 13.2 Å². The highest BCUT2D eigenvalue weighted by Crippen LogP contribution is 2.30. The van der Waals surface area contributed by atoms with E-state index in [4.69, 9.17) is 9.47 Å². The molecule has 1 aliphatic heterocycles. The second-order valence-electron chi connectivity index (χ2n) is 5.42. The summed E-state index contributed by atoms with van der Waals surface area (Å²) in [6.07, 6.45) is 0.336. The van der Waals surface area contributed by atoms with E-state index in [9.17, 15) is 4.79 Å². The fourth-order valence-corrected chi connectivity index (χ4v) is 2.35. The van der Waals surface area contributed by atoms with Crippen molar-refractivity contribution >= 4 is 5.91 Å². The van der Waals surface area contributed by atoms with Crippen molar-refractivity contribution in [2.45, 2.75) is 19.9 Å². The molecule has 1 amide bonds. The lowest BCUT2D eigenvalue weighted by molar-refractivity contribution is -0.120. The van der Waals surface area contributed by atoms with Crippen molar-refractivity contribution in [3.05, 3.63) is 59.2 Å². The number of hydrogen-bond donors (Lipinski definition) is 1. The largest absolute Gasteiger partial charge is 0.486 e. The molecule has 3 rings (SSSR count). The van der Waals surface area contributed by atoms with Gasteiger partial charge in [0.2, 0.25) is 5.91 Å². The monoisotopic (exact) mass is 297 g/mol. The number of benzene rings is 2. The second-order valence-corrected chi connectivity index (χ2v) is 5.42. The molecule has 0 saturated carbocycles. The van der Waals surface area contributed by atoms with Crippen molar-refractivity contribution in [2.24, 2.45) is 0 Å². The molecule has 1 aliphatic rings. The van der Waals surface area contributed by atoms with E-state index in [2.05, 4.69) is 5.32 Å². The summed E-state index contributed by atoms with van der Waals surface area (Å²) in [7, 11) is 0. The second kappa shape index (κ2) is 6.52. The van der Waals surface area contributed by atoms with Gasteiger partial charge in [-0.3, -0.25) is 4.79 Å². The minimum Gasteiger partial charge on any atom is -0.486 e. The number of nitrogens with one attached hydrogen (secondary N) is 1. The maximum absolute atomic E-state index is 12.0. The van der Waals surface area contributed by atoms with E-state index < -0.39 is 0 Å². The van der Waals surface area contributed by atoms with Crippen LogP contribution in [0.5, 0.6) is 11.5 Å². The first-order valence-electron chi connectivity index (χ1n) is 7.41. The molecule has 4 heteroatoms. The first-order chi connectivity index (χ1) is 10.7. The third kappa shape index (κ3) is 3.58. The molecule has 22 heavy (non-hydrogen) atoms. The number of amides is 1. The summed E-state index contributed by atoms with van der Waals surface area (Å²) in [6.45, 7) is 3.72. The molecule has 0 unspecified atom stereocenters. The van der Waals surface area contributed by atoms with Crippen LogP contribution in [-0.2, 0) is 17.8 Å². The van der Waals surface area contributed by atoms with Crippen LogP contribution in [0.1, 0.15) is 16.7 Å².